The van der Waals surface area contributed by atoms with Crippen molar-refractivity contribution in [3.63, 3.8) is 0 Å². The topological polar surface area (TPSA) is 41.5 Å². The Morgan fingerprint density at radius 1 is 1.05 bits per heavy atom. The molecule has 2 N–H and O–H groups in total. The van der Waals surface area contributed by atoms with Crippen molar-refractivity contribution in [2.75, 3.05) is 13.2 Å². The summed E-state index contributed by atoms with van der Waals surface area (Å²) in [4.78, 5) is 0. The zero-order valence-corrected chi connectivity index (χ0v) is 12.3. The minimum absolute atomic E-state index is 0.351. The summed E-state index contributed by atoms with van der Waals surface area (Å²) in [5.74, 6) is 0.817. The van der Waals surface area contributed by atoms with Gasteiger partial charge in [0.15, 0.2) is 0 Å². The molecule has 1 aliphatic carbocycles. The molecule has 0 heterocycles. The highest BCUT2D eigenvalue weighted by molar-refractivity contribution is 5.20. The van der Waals surface area contributed by atoms with Gasteiger partial charge in [-0.1, -0.05) is 50.3 Å². The molecular formula is C17H27NO2. The van der Waals surface area contributed by atoms with Gasteiger partial charge in [-0.15, -0.1) is 0 Å². The maximum absolute atomic E-state index is 9.98. The molecule has 1 fully saturated rings. The monoisotopic (exact) mass is 277 g/mol. The number of benzene rings is 1. The number of ether oxygens (including phenoxy) is 1. The van der Waals surface area contributed by atoms with Gasteiger partial charge in [0, 0.05) is 12.6 Å². The average Bonchev–Trinajstić information content (AvgIpc) is 2.45. The summed E-state index contributed by atoms with van der Waals surface area (Å²) in [6.45, 7) is 0.973. The van der Waals surface area contributed by atoms with Crippen molar-refractivity contribution in [1.82, 2.24) is 5.32 Å². The molecular weight excluding hydrogens is 250 g/mol. The Labute approximate surface area is 122 Å². The van der Waals surface area contributed by atoms with E-state index < -0.39 is 6.10 Å². The van der Waals surface area contributed by atoms with E-state index in [0.29, 0.717) is 19.2 Å². The summed E-state index contributed by atoms with van der Waals surface area (Å²) >= 11 is 0. The van der Waals surface area contributed by atoms with Crippen LogP contribution in [0.25, 0.3) is 0 Å². The standard InChI is InChI=1S/C17H27NO2/c19-16(14-20-17-11-7-4-8-12-17)13-18-15-9-5-2-1-3-6-10-15/h4,7-8,11-12,15-16,18-19H,1-3,5-6,9-10,13-14H2/t16-/m0/s1. The van der Waals surface area contributed by atoms with E-state index in [9.17, 15) is 5.11 Å². The van der Waals surface area contributed by atoms with E-state index in [1.165, 1.54) is 44.9 Å². The number of nitrogens with one attached hydrogen (secondary N) is 1. The first-order valence-electron chi connectivity index (χ1n) is 7.94. The molecule has 1 aliphatic rings. The second-order valence-corrected chi connectivity index (χ2v) is 5.73. The van der Waals surface area contributed by atoms with Gasteiger partial charge in [-0.05, 0) is 25.0 Å². The summed E-state index contributed by atoms with van der Waals surface area (Å²) in [5.41, 5.74) is 0. The van der Waals surface area contributed by atoms with Crippen molar-refractivity contribution in [2.24, 2.45) is 0 Å². The molecule has 0 amide bonds. The number of para-hydroxylation sites is 1. The lowest BCUT2D eigenvalue weighted by Gasteiger charge is -2.22. The first-order valence-corrected chi connectivity index (χ1v) is 7.94. The first kappa shape index (κ1) is 15.3. The van der Waals surface area contributed by atoms with E-state index in [4.69, 9.17) is 4.74 Å². The number of aliphatic hydroxyl groups excluding tert-OH is 1. The molecule has 2 rings (SSSR count). The minimum atomic E-state index is -0.444. The van der Waals surface area contributed by atoms with E-state index in [1.807, 2.05) is 30.3 Å². The summed E-state index contributed by atoms with van der Waals surface area (Å²) in [6.07, 6.45) is 8.78. The van der Waals surface area contributed by atoms with Crippen LogP contribution in [0.4, 0.5) is 0 Å². The lowest BCUT2D eigenvalue weighted by Crippen LogP contribution is -2.38. The molecule has 0 spiro atoms. The summed E-state index contributed by atoms with van der Waals surface area (Å²) in [5, 5.41) is 13.5. The van der Waals surface area contributed by atoms with Crippen LogP contribution in [0, 0.1) is 0 Å². The maximum atomic E-state index is 9.98. The Bertz CT molecular complexity index is 347. The predicted octanol–water partition coefficient (Wildman–Crippen LogP) is 3.13. The van der Waals surface area contributed by atoms with Gasteiger partial charge in [0.1, 0.15) is 18.5 Å². The zero-order chi connectivity index (χ0) is 14.0. The second kappa shape index (κ2) is 8.98. The van der Waals surface area contributed by atoms with Crippen molar-refractivity contribution in [3.05, 3.63) is 30.3 Å². The molecule has 0 bridgehead atoms. The third-order valence-corrected chi connectivity index (χ3v) is 3.93. The first-order chi connectivity index (χ1) is 9.84. The highest BCUT2D eigenvalue weighted by Gasteiger charge is 2.13. The average molecular weight is 277 g/mol. The van der Waals surface area contributed by atoms with Crippen LogP contribution in [-0.2, 0) is 0 Å². The summed E-state index contributed by atoms with van der Waals surface area (Å²) in [7, 11) is 0. The number of hydrogen-bond donors (Lipinski definition) is 2. The molecule has 0 radical (unpaired) electrons. The third kappa shape index (κ3) is 5.93. The quantitative estimate of drug-likeness (QED) is 0.839. The van der Waals surface area contributed by atoms with Crippen LogP contribution in [0.15, 0.2) is 30.3 Å². The van der Waals surface area contributed by atoms with Crippen molar-refractivity contribution < 1.29 is 9.84 Å². The van der Waals surface area contributed by atoms with Crippen LogP contribution in [0.3, 0.4) is 0 Å². The number of hydrogen-bond acceptors (Lipinski definition) is 3. The van der Waals surface area contributed by atoms with Gasteiger partial charge in [-0.2, -0.15) is 0 Å². The predicted molar refractivity (Wildman–Crippen MR) is 82.1 cm³/mol. The summed E-state index contributed by atoms with van der Waals surface area (Å²) < 4.78 is 5.56. The van der Waals surface area contributed by atoms with Crippen LogP contribution in [0.5, 0.6) is 5.75 Å². The Balaban J connectivity index is 1.62. The summed E-state index contributed by atoms with van der Waals surface area (Å²) in [6, 6.07) is 10.2. The SMILES string of the molecule is O[C@@H](CNC1CCCCCCC1)COc1ccccc1. The van der Waals surface area contributed by atoms with Crippen LogP contribution in [-0.4, -0.2) is 30.4 Å². The lowest BCUT2D eigenvalue weighted by atomic mass is 9.96. The third-order valence-electron chi connectivity index (χ3n) is 3.93. The van der Waals surface area contributed by atoms with E-state index in [2.05, 4.69) is 5.32 Å². The Morgan fingerprint density at radius 3 is 2.40 bits per heavy atom. The highest BCUT2D eigenvalue weighted by Crippen LogP contribution is 2.17. The van der Waals surface area contributed by atoms with E-state index in [1.54, 1.807) is 0 Å². The molecule has 20 heavy (non-hydrogen) atoms. The largest absolute Gasteiger partial charge is 0.491 e. The fourth-order valence-corrected chi connectivity index (χ4v) is 2.73. The fourth-order valence-electron chi connectivity index (χ4n) is 2.73. The van der Waals surface area contributed by atoms with E-state index in [-0.39, 0.29) is 0 Å². The van der Waals surface area contributed by atoms with Crippen LogP contribution >= 0.6 is 0 Å². The van der Waals surface area contributed by atoms with Crippen molar-refractivity contribution in [3.8, 4) is 5.75 Å². The van der Waals surface area contributed by atoms with E-state index in [0.717, 1.165) is 5.75 Å². The van der Waals surface area contributed by atoms with Gasteiger partial charge in [0.25, 0.3) is 0 Å². The van der Waals surface area contributed by atoms with Crippen LogP contribution in [0.2, 0.25) is 0 Å². The normalized spacial score (nSPS) is 19.1. The number of aliphatic hydroxyl groups is 1. The Morgan fingerprint density at radius 2 is 1.70 bits per heavy atom. The smallest absolute Gasteiger partial charge is 0.119 e. The van der Waals surface area contributed by atoms with Gasteiger partial charge >= 0.3 is 0 Å². The number of rotatable bonds is 6. The molecule has 0 aromatic heterocycles. The van der Waals surface area contributed by atoms with Gasteiger partial charge in [-0.25, -0.2) is 0 Å². The minimum Gasteiger partial charge on any atom is -0.491 e. The Kier molecular flexibility index (Phi) is 6.89. The van der Waals surface area contributed by atoms with E-state index >= 15 is 0 Å². The molecule has 0 unspecified atom stereocenters. The molecule has 1 aromatic rings. The second-order valence-electron chi connectivity index (χ2n) is 5.73. The maximum Gasteiger partial charge on any atom is 0.119 e. The molecule has 3 nitrogen and oxygen atoms in total. The van der Waals surface area contributed by atoms with Gasteiger partial charge < -0.3 is 15.2 Å². The van der Waals surface area contributed by atoms with Crippen molar-refractivity contribution >= 4 is 0 Å². The van der Waals surface area contributed by atoms with Gasteiger partial charge in [0.2, 0.25) is 0 Å². The lowest BCUT2D eigenvalue weighted by molar-refractivity contribution is 0.102. The highest BCUT2D eigenvalue weighted by atomic mass is 16.5. The molecule has 112 valence electrons. The Hall–Kier alpha value is -1.06. The molecule has 0 aliphatic heterocycles. The fraction of sp³-hybridized carbons (Fsp3) is 0.647. The molecule has 1 saturated carbocycles. The molecule has 3 heteroatoms. The zero-order valence-electron chi connectivity index (χ0n) is 12.3. The van der Waals surface area contributed by atoms with Gasteiger partial charge in [0.05, 0.1) is 0 Å². The van der Waals surface area contributed by atoms with Crippen molar-refractivity contribution in [2.45, 2.75) is 57.1 Å². The van der Waals surface area contributed by atoms with Crippen LogP contribution < -0.4 is 10.1 Å². The molecule has 1 atom stereocenters. The molecule has 1 aromatic carbocycles. The van der Waals surface area contributed by atoms with Crippen molar-refractivity contribution in [1.29, 1.82) is 0 Å². The van der Waals surface area contributed by atoms with Crippen LogP contribution in [0.1, 0.15) is 44.9 Å². The molecule has 0 saturated heterocycles. The van der Waals surface area contributed by atoms with Gasteiger partial charge in [-0.3, -0.25) is 0 Å².